The summed E-state index contributed by atoms with van der Waals surface area (Å²) in [6, 6.07) is 2.44. The third-order valence-electron chi connectivity index (χ3n) is 2.27. The van der Waals surface area contributed by atoms with E-state index >= 15 is 0 Å². The highest BCUT2D eigenvalue weighted by molar-refractivity contribution is 6.33. The van der Waals surface area contributed by atoms with Crippen molar-refractivity contribution in [2.75, 3.05) is 5.32 Å². The first-order valence-electron chi connectivity index (χ1n) is 5.31. The number of nitrogens with one attached hydrogen (secondary N) is 1. The van der Waals surface area contributed by atoms with E-state index < -0.39 is 4.92 Å². The van der Waals surface area contributed by atoms with Gasteiger partial charge in [-0.3, -0.25) is 14.9 Å². The molecule has 1 unspecified atom stereocenters. The number of carbonyl (C=O) groups excluding carboxylic acids is 1. The molecule has 0 saturated heterocycles. The second-order valence-corrected chi connectivity index (χ2v) is 4.51. The van der Waals surface area contributed by atoms with E-state index in [-0.39, 0.29) is 29.1 Å². The van der Waals surface area contributed by atoms with Gasteiger partial charge in [-0.15, -0.1) is 0 Å². The van der Waals surface area contributed by atoms with Crippen LogP contribution in [-0.2, 0) is 4.79 Å². The molecule has 1 atom stereocenters. The molecule has 0 aliphatic rings. The fourth-order valence-corrected chi connectivity index (χ4v) is 1.67. The van der Waals surface area contributed by atoms with Gasteiger partial charge in [-0.1, -0.05) is 11.6 Å². The van der Waals surface area contributed by atoms with Crippen LogP contribution >= 0.6 is 11.6 Å². The van der Waals surface area contributed by atoms with Crippen LogP contribution in [0.25, 0.3) is 0 Å². The van der Waals surface area contributed by atoms with Crippen LogP contribution in [0.1, 0.15) is 18.9 Å². The van der Waals surface area contributed by atoms with Crippen LogP contribution in [0.4, 0.5) is 11.4 Å². The van der Waals surface area contributed by atoms with Crippen molar-refractivity contribution in [3.63, 3.8) is 0 Å². The van der Waals surface area contributed by atoms with Gasteiger partial charge >= 0.3 is 0 Å². The first-order chi connectivity index (χ1) is 8.31. The maximum Gasteiger partial charge on any atom is 0.288 e. The largest absolute Gasteiger partial charge is 0.327 e. The number of carbonyl (C=O) groups is 1. The molecule has 0 heterocycles. The van der Waals surface area contributed by atoms with Crippen molar-refractivity contribution in [2.45, 2.75) is 26.3 Å². The molecule has 7 heteroatoms. The maximum absolute atomic E-state index is 11.5. The molecule has 0 aromatic heterocycles. The Morgan fingerprint density at radius 1 is 1.61 bits per heavy atom. The van der Waals surface area contributed by atoms with Gasteiger partial charge in [0.2, 0.25) is 5.91 Å². The summed E-state index contributed by atoms with van der Waals surface area (Å²) in [6.45, 7) is 3.38. The smallest absolute Gasteiger partial charge is 0.288 e. The van der Waals surface area contributed by atoms with Crippen molar-refractivity contribution in [1.82, 2.24) is 0 Å². The van der Waals surface area contributed by atoms with Gasteiger partial charge in [-0.25, -0.2) is 0 Å². The fourth-order valence-electron chi connectivity index (χ4n) is 1.43. The van der Waals surface area contributed by atoms with Gasteiger partial charge in [0.05, 0.1) is 4.92 Å². The molecule has 6 nitrogen and oxygen atoms in total. The minimum Gasteiger partial charge on any atom is -0.327 e. The van der Waals surface area contributed by atoms with Gasteiger partial charge < -0.3 is 11.1 Å². The number of nitrogens with two attached hydrogens (primary N) is 1. The number of amides is 1. The molecule has 1 amide bonds. The Morgan fingerprint density at radius 3 is 2.72 bits per heavy atom. The van der Waals surface area contributed by atoms with Crippen LogP contribution in [0.3, 0.4) is 0 Å². The highest BCUT2D eigenvalue weighted by Crippen LogP contribution is 2.30. The van der Waals surface area contributed by atoms with Gasteiger partial charge in [-0.2, -0.15) is 0 Å². The Balaban J connectivity index is 2.95. The second-order valence-electron chi connectivity index (χ2n) is 4.11. The number of nitro groups is 1. The molecular weight excluding hydrogens is 258 g/mol. The highest BCUT2D eigenvalue weighted by Gasteiger charge is 2.16. The van der Waals surface area contributed by atoms with Gasteiger partial charge in [-0.05, 0) is 25.5 Å². The predicted molar refractivity (Wildman–Crippen MR) is 69.7 cm³/mol. The van der Waals surface area contributed by atoms with Crippen molar-refractivity contribution < 1.29 is 9.72 Å². The molecular formula is C11H14ClN3O3. The van der Waals surface area contributed by atoms with Crippen LogP contribution in [-0.4, -0.2) is 16.9 Å². The third-order valence-corrected chi connectivity index (χ3v) is 2.57. The first kappa shape index (κ1) is 14.4. The van der Waals surface area contributed by atoms with E-state index in [0.29, 0.717) is 11.3 Å². The summed E-state index contributed by atoms with van der Waals surface area (Å²) < 4.78 is 0. The summed E-state index contributed by atoms with van der Waals surface area (Å²) in [6.07, 6.45) is 0.175. The number of hydrogen-bond donors (Lipinski definition) is 2. The molecule has 3 N–H and O–H groups in total. The van der Waals surface area contributed by atoms with E-state index in [1.54, 1.807) is 13.8 Å². The van der Waals surface area contributed by atoms with Crippen molar-refractivity contribution in [3.05, 3.63) is 32.8 Å². The number of halogens is 1. The molecule has 1 aromatic rings. The number of nitrogens with zero attached hydrogens (tertiary/aromatic N) is 1. The SMILES string of the molecule is Cc1cc([N+](=O)[O-])c(Cl)cc1NC(=O)CC(C)N. The molecule has 18 heavy (non-hydrogen) atoms. The zero-order valence-corrected chi connectivity index (χ0v) is 10.8. The third kappa shape index (κ3) is 3.68. The first-order valence-corrected chi connectivity index (χ1v) is 5.69. The summed E-state index contributed by atoms with van der Waals surface area (Å²) in [7, 11) is 0. The van der Waals surface area contributed by atoms with Crippen molar-refractivity contribution >= 4 is 28.9 Å². The zero-order chi connectivity index (χ0) is 13.9. The quantitative estimate of drug-likeness (QED) is 0.648. The van der Waals surface area contributed by atoms with Crippen molar-refractivity contribution in [2.24, 2.45) is 5.73 Å². The van der Waals surface area contributed by atoms with E-state index in [2.05, 4.69) is 5.32 Å². The van der Waals surface area contributed by atoms with Crippen molar-refractivity contribution in [1.29, 1.82) is 0 Å². The van der Waals surface area contributed by atoms with Crippen LogP contribution in [0.15, 0.2) is 12.1 Å². The van der Waals surface area contributed by atoms with E-state index in [1.165, 1.54) is 12.1 Å². The lowest BCUT2D eigenvalue weighted by Gasteiger charge is -2.10. The second kappa shape index (κ2) is 5.79. The van der Waals surface area contributed by atoms with E-state index in [0.717, 1.165) is 0 Å². The molecule has 98 valence electrons. The number of rotatable bonds is 4. The predicted octanol–water partition coefficient (Wildman–Crippen LogP) is 2.23. The Bertz CT molecular complexity index is 489. The molecule has 0 spiro atoms. The van der Waals surface area contributed by atoms with Crippen LogP contribution < -0.4 is 11.1 Å². The Hall–Kier alpha value is -1.66. The molecule has 0 bridgehead atoms. The molecule has 0 saturated carbocycles. The molecule has 0 radical (unpaired) electrons. The molecule has 1 rings (SSSR count). The number of nitro benzene ring substituents is 1. The van der Waals surface area contributed by atoms with Crippen LogP contribution in [0, 0.1) is 17.0 Å². The van der Waals surface area contributed by atoms with E-state index in [9.17, 15) is 14.9 Å². The summed E-state index contributed by atoms with van der Waals surface area (Å²) >= 11 is 5.77. The molecule has 0 aliphatic heterocycles. The zero-order valence-electron chi connectivity index (χ0n) is 10.1. The normalized spacial score (nSPS) is 12.0. The average Bonchev–Trinajstić information content (AvgIpc) is 2.21. The molecule has 0 fully saturated rings. The van der Waals surface area contributed by atoms with Gasteiger partial charge in [0.1, 0.15) is 5.02 Å². The van der Waals surface area contributed by atoms with Crippen molar-refractivity contribution in [3.8, 4) is 0 Å². The number of benzene rings is 1. The number of hydrogen-bond acceptors (Lipinski definition) is 4. The minimum atomic E-state index is -0.567. The molecule has 1 aromatic carbocycles. The topological polar surface area (TPSA) is 98.3 Å². The van der Waals surface area contributed by atoms with E-state index in [4.69, 9.17) is 17.3 Å². The Labute approximate surface area is 109 Å². The van der Waals surface area contributed by atoms with Gasteiger partial charge in [0.25, 0.3) is 5.69 Å². The van der Waals surface area contributed by atoms with Crippen LogP contribution in [0.5, 0.6) is 0 Å². The number of anilines is 1. The summed E-state index contributed by atoms with van der Waals surface area (Å²) in [5.41, 5.74) is 6.35. The van der Waals surface area contributed by atoms with Gasteiger partial charge in [0.15, 0.2) is 0 Å². The summed E-state index contributed by atoms with van der Waals surface area (Å²) in [5, 5.41) is 13.3. The Kier molecular flexibility index (Phi) is 4.63. The maximum atomic E-state index is 11.5. The lowest BCUT2D eigenvalue weighted by atomic mass is 10.1. The van der Waals surface area contributed by atoms with Crippen LogP contribution in [0.2, 0.25) is 5.02 Å². The lowest BCUT2D eigenvalue weighted by molar-refractivity contribution is -0.384. The highest BCUT2D eigenvalue weighted by atomic mass is 35.5. The monoisotopic (exact) mass is 271 g/mol. The Morgan fingerprint density at radius 2 is 2.22 bits per heavy atom. The minimum absolute atomic E-state index is 0.0123. The lowest BCUT2D eigenvalue weighted by Crippen LogP contribution is -2.24. The van der Waals surface area contributed by atoms with Gasteiger partial charge in [0, 0.05) is 24.2 Å². The number of aryl methyl sites for hydroxylation is 1. The standard InChI is InChI=1S/C11H14ClN3O3/c1-6-3-10(15(17)18)8(12)5-9(6)14-11(16)4-7(2)13/h3,5,7H,4,13H2,1-2H3,(H,14,16). The fraction of sp³-hybridized carbons (Fsp3) is 0.364. The average molecular weight is 272 g/mol. The summed E-state index contributed by atoms with van der Waals surface area (Å²) in [4.78, 5) is 21.6. The summed E-state index contributed by atoms with van der Waals surface area (Å²) in [5.74, 6) is -0.252. The van der Waals surface area contributed by atoms with E-state index in [1.807, 2.05) is 0 Å². The molecule has 0 aliphatic carbocycles.